The fourth-order valence-electron chi connectivity index (χ4n) is 3.76. The molecular weight excluding hydrogens is 477 g/mol. The van der Waals surface area contributed by atoms with E-state index in [-0.39, 0.29) is 18.4 Å². The van der Waals surface area contributed by atoms with Crippen molar-refractivity contribution >= 4 is 51.8 Å². The van der Waals surface area contributed by atoms with Gasteiger partial charge in [-0.3, -0.25) is 4.79 Å². The summed E-state index contributed by atoms with van der Waals surface area (Å²) in [7, 11) is 1.89. The quantitative estimate of drug-likeness (QED) is 0.315. The van der Waals surface area contributed by atoms with Crippen molar-refractivity contribution < 1.29 is 14.3 Å². The van der Waals surface area contributed by atoms with Gasteiger partial charge in [0.05, 0.1) is 23.2 Å². The molecule has 0 aliphatic rings. The number of aromatic nitrogens is 2. The predicted octanol–water partition coefficient (Wildman–Crippen LogP) is 3.21. The maximum absolute atomic E-state index is 12.8. The van der Waals surface area contributed by atoms with Crippen molar-refractivity contribution in [1.29, 1.82) is 0 Å². The number of imidazole rings is 1. The Hall–Kier alpha value is -2.03. The van der Waals surface area contributed by atoms with Gasteiger partial charge in [0.2, 0.25) is 5.91 Å². The maximum Gasteiger partial charge on any atom is 0.328 e. The van der Waals surface area contributed by atoms with E-state index < -0.39 is 24.0 Å². The normalized spacial score (nSPS) is 13.4. The molecule has 2 unspecified atom stereocenters. The minimum atomic E-state index is -0.861. The Morgan fingerprint density at radius 3 is 2.38 bits per heavy atom. The van der Waals surface area contributed by atoms with Gasteiger partial charge in [0.1, 0.15) is 11.9 Å². The van der Waals surface area contributed by atoms with E-state index >= 15 is 0 Å². The molecule has 1 amide bonds. The van der Waals surface area contributed by atoms with Gasteiger partial charge in [0, 0.05) is 44.0 Å². The molecule has 34 heavy (non-hydrogen) atoms. The van der Waals surface area contributed by atoms with Crippen LogP contribution in [0.4, 0.5) is 5.69 Å². The number of nitrogens with one attached hydrogen (secondary N) is 1. The highest BCUT2D eigenvalue weighted by Gasteiger charge is 2.27. The first-order valence-electron chi connectivity index (χ1n) is 11.7. The molecule has 2 atom stereocenters. The predicted molar refractivity (Wildman–Crippen MR) is 139 cm³/mol. The van der Waals surface area contributed by atoms with Crippen LogP contribution in [0.2, 0.25) is 0 Å². The van der Waals surface area contributed by atoms with Crippen LogP contribution in [0.25, 0.3) is 11.0 Å². The number of hydrogen-bond acceptors (Lipinski definition) is 6. The lowest BCUT2D eigenvalue weighted by Crippen LogP contribution is -2.50. The van der Waals surface area contributed by atoms with Gasteiger partial charge in [0.15, 0.2) is 0 Å². The van der Waals surface area contributed by atoms with Gasteiger partial charge in [-0.2, -0.15) is 0 Å². The van der Waals surface area contributed by atoms with E-state index in [1.54, 1.807) is 13.8 Å². The van der Waals surface area contributed by atoms with Crippen LogP contribution < -0.4 is 16.0 Å². The maximum atomic E-state index is 12.8. The molecule has 3 N–H and O–H groups in total. The highest BCUT2D eigenvalue weighted by Crippen LogP contribution is 2.23. The zero-order valence-electron chi connectivity index (χ0n) is 20.7. The summed E-state index contributed by atoms with van der Waals surface area (Å²) in [5.74, 6) is 1.02. The molecule has 0 saturated heterocycles. The number of alkyl halides is 2. The number of ether oxygens (including phenoxy) is 1. The number of nitrogens with two attached hydrogens (primary N) is 1. The van der Waals surface area contributed by atoms with E-state index in [0.717, 1.165) is 16.7 Å². The van der Waals surface area contributed by atoms with Crippen LogP contribution in [0, 0.1) is 5.92 Å². The second-order valence-electron chi connectivity index (χ2n) is 9.11. The molecular formula is C24H37Cl2N5O3. The first kappa shape index (κ1) is 28.2. The van der Waals surface area contributed by atoms with Crippen molar-refractivity contribution in [2.75, 3.05) is 29.7 Å². The minimum absolute atomic E-state index is 0.201. The van der Waals surface area contributed by atoms with Crippen LogP contribution in [0.1, 0.15) is 39.9 Å². The summed E-state index contributed by atoms with van der Waals surface area (Å²) in [5, 5.41) is 2.77. The molecule has 0 spiro atoms. The number of halogens is 2. The summed E-state index contributed by atoms with van der Waals surface area (Å²) in [6.07, 6.45) is 0.440. The number of carbonyl (C=O) groups excluding carboxylic acids is 2. The van der Waals surface area contributed by atoms with E-state index in [1.807, 2.05) is 43.7 Å². The van der Waals surface area contributed by atoms with Crippen molar-refractivity contribution in [3.63, 3.8) is 0 Å². The standard InChI is InChI=1S/C24H37Cl2N5O3/c1-15(2)12-20(24(33)34-16(3)4)29-23(32)18(27)14-22-28-19-13-17(6-7-21(19)30(22)5)31(10-8-25)11-9-26/h6-7,13,15-16,18,20H,8-12,14,27H2,1-5H3,(H,29,32). The van der Waals surface area contributed by atoms with Crippen LogP contribution in [0.5, 0.6) is 0 Å². The monoisotopic (exact) mass is 513 g/mol. The van der Waals surface area contributed by atoms with Crippen LogP contribution >= 0.6 is 23.2 Å². The number of esters is 1. The van der Waals surface area contributed by atoms with Gasteiger partial charge in [-0.1, -0.05) is 13.8 Å². The molecule has 0 radical (unpaired) electrons. The zero-order chi connectivity index (χ0) is 25.4. The fourth-order valence-corrected chi connectivity index (χ4v) is 4.17. The largest absolute Gasteiger partial charge is 0.461 e. The highest BCUT2D eigenvalue weighted by atomic mass is 35.5. The topological polar surface area (TPSA) is 102 Å². The van der Waals surface area contributed by atoms with Gasteiger partial charge < -0.3 is 25.3 Å². The number of nitrogens with zero attached hydrogens (tertiary/aromatic N) is 3. The average molecular weight is 514 g/mol. The Kier molecular flexibility index (Phi) is 10.9. The SMILES string of the molecule is CC(C)CC(NC(=O)C(N)Cc1nc2cc(N(CCCl)CCCl)ccc2n1C)C(=O)OC(C)C. The third-order valence-electron chi connectivity index (χ3n) is 5.43. The Labute approximate surface area is 212 Å². The lowest BCUT2D eigenvalue weighted by Gasteiger charge is -2.22. The molecule has 0 saturated carbocycles. The summed E-state index contributed by atoms with van der Waals surface area (Å²) >= 11 is 11.9. The molecule has 2 aromatic rings. The number of amides is 1. The summed E-state index contributed by atoms with van der Waals surface area (Å²) in [4.78, 5) is 32.1. The molecule has 1 aromatic heterocycles. The highest BCUT2D eigenvalue weighted by molar-refractivity contribution is 6.18. The second kappa shape index (κ2) is 13.2. The van der Waals surface area contributed by atoms with Crippen molar-refractivity contribution in [3.8, 4) is 0 Å². The Morgan fingerprint density at radius 1 is 1.18 bits per heavy atom. The van der Waals surface area contributed by atoms with E-state index in [0.29, 0.717) is 37.1 Å². The second-order valence-corrected chi connectivity index (χ2v) is 9.87. The van der Waals surface area contributed by atoms with E-state index in [9.17, 15) is 9.59 Å². The number of rotatable bonds is 13. The molecule has 2 rings (SSSR count). The van der Waals surface area contributed by atoms with E-state index in [4.69, 9.17) is 38.7 Å². The van der Waals surface area contributed by atoms with Crippen molar-refractivity contribution in [2.45, 2.75) is 58.7 Å². The summed E-state index contributed by atoms with van der Waals surface area (Å²) in [5.41, 5.74) is 8.94. The number of anilines is 1. The summed E-state index contributed by atoms with van der Waals surface area (Å²) in [6, 6.07) is 4.39. The molecule has 1 heterocycles. The number of benzene rings is 1. The molecule has 190 valence electrons. The van der Waals surface area contributed by atoms with Crippen molar-refractivity contribution in [1.82, 2.24) is 14.9 Å². The van der Waals surface area contributed by atoms with Crippen LogP contribution in [0.3, 0.4) is 0 Å². The van der Waals surface area contributed by atoms with Crippen molar-refractivity contribution in [3.05, 3.63) is 24.0 Å². The smallest absolute Gasteiger partial charge is 0.328 e. The van der Waals surface area contributed by atoms with Crippen LogP contribution in [0.15, 0.2) is 18.2 Å². The lowest BCUT2D eigenvalue weighted by atomic mass is 10.0. The third kappa shape index (κ3) is 7.75. The van der Waals surface area contributed by atoms with E-state index in [2.05, 4.69) is 10.2 Å². The van der Waals surface area contributed by atoms with Gasteiger partial charge in [-0.15, -0.1) is 23.2 Å². The van der Waals surface area contributed by atoms with Crippen LogP contribution in [-0.2, 0) is 27.8 Å². The molecule has 0 bridgehead atoms. The van der Waals surface area contributed by atoms with Crippen LogP contribution in [-0.4, -0.2) is 64.5 Å². The first-order valence-corrected chi connectivity index (χ1v) is 12.7. The minimum Gasteiger partial charge on any atom is -0.461 e. The molecule has 0 fully saturated rings. The van der Waals surface area contributed by atoms with Gasteiger partial charge in [-0.05, 0) is 44.4 Å². The molecule has 10 heteroatoms. The number of carbonyl (C=O) groups is 2. The molecule has 8 nitrogen and oxygen atoms in total. The number of hydrogen-bond donors (Lipinski definition) is 2. The number of fused-ring (bicyclic) bond motifs is 1. The Balaban J connectivity index is 2.17. The molecule has 0 aliphatic carbocycles. The number of aryl methyl sites for hydroxylation is 1. The first-order chi connectivity index (χ1) is 16.1. The average Bonchev–Trinajstić information content (AvgIpc) is 3.06. The van der Waals surface area contributed by atoms with Crippen molar-refractivity contribution in [2.24, 2.45) is 18.7 Å². The zero-order valence-corrected chi connectivity index (χ0v) is 22.2. The molecule has 0 aliphatic heterocycles. The molecule has 1 aromatic carbocycles. The Morgan fingerprint density at radius 2 is 1.82 bits per heavy atom. The Bertz CT molecular complexity index is 957. The van der Waals surface area contributed by atoms with E-state index in [1.165, 1.54) is 0 Å². The van der Waals surface area contributed by atoms with Gasteiger partial charge >= 0.3 is 5.97 Å². The summed E-state index contributed by atoms with van der Waals surface area (Å²) in [6.45, 7) is 8.88. The lowest BCUT2D eigenvalue weighted by molar-refractivity contribution is -0.152. The van der Waals surface area contributed by atoms with Gasteiger partial charge in [-0.25, -0.2) is 9.78 Å². The third-order valence-corrected chi connectivity index (χ3v) is 5.77. The summed E-state index contributed by atoms with van der Waals surface area (Å²) < 4.78 is 7.23. The fraction of sp³-hybridized carbons (Fsp3) is 0.625. The van der Waals surface area contributed by atoms with Gasteiger partial charge in [0.25, 0.3) is 0 Å².